The van der Waals surface area contributed by atoms with E-state index in [-0.39, 0.29) is 16.8 Å². The van der Waals surface area contributed by atoms with E-state index in [1.165, 1.54) is 12.4 Å². The molecule has 0 aliphatic carbocycles. The zero-order valence-electron chi connectivity index (χ0n) is 11.7. The molecule has 2 aromatic rings. The molecule has 1 aromatic carbocycles. The average Bonchev–Trinajstić information content (AvgIpc) is 2.47. The fourth-order valence-electron chi connectivity index (χ4n) is 1.83. The summed E-state index contributed by atoms with van der Waals surface area (Å²) in [5.41, 5.74) is 3.71. The summed E-state index contributed by atoms with van der Waals surface area (Å²) in [5, 5.41) is 0. The van der Waals surface area contributed by atoms with E-state index in [0.29, 0.717) is 5.69 Å². The smallest absolute Gasteiger partial charge is 0.264 e. The first-order valence-corrected chi connectivity index (χ1v) is 7.83. The van der Waals surface area contributed by atoms with Crippen LogP contribution in [0.15, 0.2) is 41.6 Å². The first-order chi connectivity index (χ1) is 9.94. The second-order valence-electron chi connectivity index (χ2n) is 4.73. The molecule has 0 aliphatic rings. The summed E-state index contributed by atoms with van der Waals surface area (Å²) in [5.74, 6) is 5.49. The van der Waals surface area contributed by atoms with Crippen LogP contribution in [0.3, 0.4) is 0 Å². The Labute approximate surface area is 123 Å². The Hall–Kier alpha value is -2.19. The van der Waals surface area contributed by atoms with Crippen molar-refractivity contribution in [3.8, 4) is 0 Å². The summed E-state index contributed by atoms with van der Waals surface area (Å²) in [4.78, 5) is 7.56. The van der Waals surface area contributed by atoms with Crippen molar-refractivity contribution in [3.63, 3.8) is 0 Å². The van der Waals surface area contributed by atoms with Crippen molar-refractivity contribution in [2.45, 2.75) is 24.7 Å². The van der Waals surface area contributed by atoms with Gasteiger partial charge in [-0.2, -0.15) is 0 Å². The van der Waals surface area contributed by atoms with Crippen LogP contribution < -0.4 is 16.0 Å². The van der Waals surface area contributed by atoms with Crippen LogP contribution in [-0.2, 0) is 10.0 Å². The predicted molar refractivity (Wildman–Crippen MR) is 81.2 cm³/mol. The molecule has 1 heterocycles. The molecule has 2 rings (SSSR count). The van der Waals surface area contributed by atoms with Crippen molar-refractivity contribution in [1.29, 1.82) is 0 Å². The quantitative estimate of drug-likeness (QED) is 0.572. The van der Waals surface area contributed by atoms with Crippen molar-refractivity contribution in [1.82, 2.24) is 9.97 Å². The highest BCUT2D eigenvalue weighted by Gasteiger charge is 2.17. The number of nitrogens with one attached hydrogen (secondary N) is 2. The van der Waals surface area contributed by atoms with Crippen LogP contribution in [0.5, 0.6) is 0 Å². The fraction of sp³-hybridized carbons (Fsp3) is 0.231. The van der Waals surface area contributed by atoms with Gasteiger partial charge in [0.25, 0.3) is 10.0 Å². The molecule has 21 heavy (non-hydrogen) atoms. The monoisotopic (exact) mass is 307 g/mol. The Morgan fingerprint density at radius 1 is 1.14 bits per heavy atom. The standard InChI is InChI=1S/C13H17N5O2S/c1-9(2)11-5-3-4-6-12(11)18-21(19,20)10-7-15-13(17-14)16-8-10/h3-9,18H,14H2,1-2H3,(H,15,16,17). The van der Waals surface area contributed by atoms with Crippen LogP contribution >= 0.6 is 0 Å². The number of nitrogens with two attached hydrogens (primary N) is 1. The van der Waals surface area contributed by atoms with Gasteiger partial charge in [0.2, 0.25) is 5.95 Å². The maximum absolute atomic E-state index is 12.3. The van der Waals surface area contributed by atoms with Gasteiger partial charge in [0.05, 0.1) is 18.1 Å². The third-order valence-corrected chi connectivity index (χ3v) is 4.21. The molecule has 112 valence electrons. The Kier molecular flexibility index (Phi) is 4.39. The number of rotatable bonds is 5. The molecule has 0 spiro atoms. The number of hydrogen-bond acceptors (Lipinski definition) is 6. The van der Waals surface area contributed by atoms with Crippen molar-refractivity contribution in [3.05, 3.63) is 42.2 Å². The number of anilines is 2. The molecule has 0 aliphatic heterocycles. The third kappa shape index (κ3) is 3.47. The lowest BCUT2D eigenvalue weighted by atomic mass is 10.0. The summed E-state index contributed by atoms with van der Waals surface area (Å²) in [6.45, 7) is 4.00. The molecule has 1 aromatic heterocycles. The van der Waals surface area contributed by atoms with Crippen molar-refractivity contribution in [2.75, 3.05) is 10.1 Å². The number of nitrogens with zero attached hydrogens (tertiary/aromatic N) is 2. The number of hydrogen-bond donors (Lipinski definition) is 3. The van der Waals surface area contributed by atoms with Gasteiger partial charge in [-0.05, 0) is 17.5 Å². The molecular weight excluding hydrogens is 290 g/mol. The highest BCUT2D eigenvalue weighted by Crippen LogP contribution is 2.25. The lowest BCUT2D eigenvalue weighted by Crippen LogP contribution is -2.16. The normalized spacial score (nSPS) is 11.4. The van der Waals surface area contributed by atoms with E-state index >= 15 is 0 Å². The summed E-state index contributed by atoms with van der Waals surface area (Å²) in [7, 11) is -3.74. The highest BCUT2D eigenvalue weighted by atomic mass is 32.2. The lowest BCUT2D eigenvalue weighted by Gasteiger charge is -2.14. The zero-order valence-corrected chi connectivity index (χ0v) is 12.6. The molecule has 4 N–H and O–H groups in total. The molecular formula is C13H17N5O2S. The molecule has 7 nitrogen and oxygen atoms in total. The Bertz CT molecular complexity index is 714. The Morgan fingerprint density at radius 3 is 2.33 bits per heavy atom. The third-order valence-electron chi connectivity index (χ3n) is 2.89. The lowest BCUT2D eigenvalue weighted by molar-refractivity contribution is 0.600. The first kappa shape index (κ1) is 15.2. The number of aromatic nitrogens is 2. The number of sulfonamides is 1. The van der Waals surface area contributed by atoms with Gasteiger partial charge < -0.3 is 0 Å². The molecule has 0 bridgehead atoms. The van der Waals surface area contributed by atoms with Gasteiger partial charge in [0.15, 0.2) is 0 Å². The molecule has 8 heteroatoms. The van der Waals surface area contributed by atoms with Gasteiger partial charge in [-0.3, -0.25) is 10.1 Å². The minimum Gasteiger partial charge on any atom is -0.292 e. The van der Waals surface area contributed by atoms with Crippen molar-refractivity contribution in [2.24, 2.45) is 5.84 Å². The molecule has 0 unspecified atom stereocenters. The van der Waals surface area contributed by atoms with E-state index in [1.54, 1.807) is 12.1 Å². The van der Waals surface area contributed by atoms with Gasteiger partial charge in [0.1, 0.15) is 4.90 Å². The second kappa shape index (κ2) is 6.06. The van der Waals surface area contributed by atoms with Crippen LogP contribution in [0.2, 0.25) is 0 Å². The predicted octanol–water partition coefficient (Wildman–Crippen LogP) is 1.69. The fourth-order valence-corrected chi connectivity index (χ4v) is 2.80. The topological polar surface area (TPSA) is 110 Å². The van der Waals surface area contributed by atoms with Gasteiger partial charge in [0, 0.05) is 0 Å². The van der Waals surface area contributed by atoms with Crippen LogP contribution in [0.25, 0.3) is 0 Å². The average molecular weight is 307 g/mol. The summed E-state index contributed by atoms with van der Waals surface area (Å²) < 4.78 is 27.2. The van der Waals surface area contributed by atoms with Gasteiger partial charge in [-0.25, -0.2) is 24.2 Å². The number of hydrazine groups is 1. The largest absolute Gasteiger partial charge is 0.292 e. The molecule has 0 amide bonds. The maximum Gasteiger partial charge on any atom is 0.264 e. The van der Waals surface area contributed by atoms with E-state index in [2.05, 4.69) is 20.1 Å². The zero-order chi connectivity index (χ0) is 15.5. The summed E-state index contributed by atoms with van der Waals surface area (Å²) >= 11 is 0. The van der Waals surface area contributed by atoms with Crippen LogP contribution in [0.4, 0.5) is 11.6 Å². The van der Waals surface area contributed by atoms with Gasteiger partial charge >= 0.3 is 0 Å². The van der Waals surface area contributed by atoms with Gasteiger partial charge in [-0.1, -0.05) is 32.0 Å². The Balaban J connectivity index is 2.33. The summed E-state index contributed by atoms with van der Waals surface area (Å²) in [6, 6.07) is 7.27. The van der Waals surface area contributed by atoms with Crippen LogP contribution in [0.1, 0.15) is 25.3 Å². The molecule has 0 atom stereocenters. The number of para-hydroxylation sites is 1. The SMILES string of the molecule is CC(C)c1ccccc1NS(=O)(=O)c1cnc(NN)nc1. The number of benzene rings is 1. The highest BCUT2D eigenvalue weighted by molar-refractivity contribution is 7.92. The Morgan fingerprint density at radius 2 is 1.76 bits per heavy atom. The van der Waals surface area contributed by atoms with Crippen LogP contribution in [-0.4, -0.2) is 18.4 Å². The van der Waals surface area contributed by atoms with E-state index in [9.17, 15) is 8.42 Å². The van der Waals surface area contributed by atoms with E-state index in [1.807, 2.05) is 26.0 Å². The molecule has 0 saturated heterocycles. The first-order valence-electron chi connectivity index (χ1n) is 6.34. The van der Waals surface area contributed by atoms with Gasteiger partial charge in [-0.15, -0.1) is 0 Å². The van der Waals surface area contributed by atoms with Crippen LogP contribution in [0, 0.1) is 0 Å². The van der Waals surface area contributed by atoms with Crippen molar-refractivity contribution >= 4 is 21.7 Å². The van der Waals surface area contributed by atoms with E-state index in [0.717, 1.165) is 5.56 Å². The molecule has 0 radical (unpaired) electrons. The minimum atomic E-state index is -3.74. The summed E-state index contributed by atoms with van der Waals surface area (Å²) in [6.07, 6.45) is 2.39. The molecule has 0 fully saturated rings. The minimum absolute atomic E-state index is 0.0277. The molecule has 0 saturated carbocycles. The second-order valence-corrected chi connectivity index (χ2v) is 6.42. The van der Waals surface area contributed by atoms with Crippen molar-refractivity contribution < 1.29 is 8.42 Å². The van der Waals surface area contributed by atoms with E-state index in [4.69, 9.17) is 5.84 Å². The maximum atomic E-state index is 12.3. The number of nitrogen functional groups attached to an aromatic ring is 1. The van der Waals surface area contributed by atoms with E-state index < -0.39 is 10.0 Å².